The van der Waals surface area contributed by atoms with Crippen LogP contribution in [0.3, 0.4) is 0 Å². The molecule has 4 rings (SSSR count). The number of esters is 2. The van der Waals surface area contributed by atoms with Crippen molar-refractivity contribution < 1.29 is 23.9 Å². The van der Waals surface area contributed by atoms with Crippen molar-refractivity contribution in [1.29, 1.82) is 0 Å². The third kappa shape index (κ3) is 3.01. The minimum atomic E-state index is -0.639. The van der Waals surface area contributed by atoms with E-state index >= 15 is 0 Å². The Hall–Kier alpha value is -1.65. The molecule has 0 aromatic carbocycles. The molecule has 4 unspecified atom stereocenters. The van der Waals surface area contributed by atoms with Gasteiger partial charge in [-0.1, -0.05) is 6.58 Å². The predicted molar refractivity (Wildman–Crippen MR) is 87.1 cm³/mol. The monoisotopic (exact) mass is 334 g/mol. The van der Waals surface area contributed by atoms with E-state index < -0.39 is 17.2 Å². The number of hydrogen-bond acceptors (Lipinski definition) is 5. The molecule has 5 heteroatoms. The molecule has 0 saturated heterocycles. The Morgan fingerprint density at radius 2 is 1.54 bits per heavy atom. The maximum absolute atomic E-state index is 12.2. The van der Waals surface area contributed by atoms with Crippen molar-refractivity contribution in [3.05, 3.63) is 12.2 Å². The van der Waals surface area contributed by atoms with E-state index in [0.717, 1.165) is 19.3 Å². The highest BCUT2D eigenvalue weighted by molar-refractivity contribution is 5.87. The number of carbonyl (C=O) groups excluding carboxylic acids is 3. The van der Waals surface area contributed by atoms with Gasteiger partial charge in [0.25, 0.3) is 0 Å². The number of carbonyl (C=O) groups is 3. The van der Waals surface area contributed by atoms with Crippen LogP contribution in [-0.4, -0.2) is 28.9 Å². The van der Waals surface area contributed by atoms with E-state index in [4.69, 9.17) is 9.47 Å². The van der Waals surface area contributed by atoms with Crippen LogP contribution in [0.1, 0.15) is 65.7 Å². The second kappa shape index (κ2) is 5.43. The predicted octanol–water partition coefficient (Wildman–Crippen LogP) is 3.11. The van der Waals surface area contributed by atoms with E-state index in [2.05, 4.69) is 6.58 Å². The summed E-state index contributed by atoms with van der Waals surface area (Å²) in [7, 11) is 0. The zero-order valence-corrected chi connectivity index (χ0v) is 14.8. The van der Waals surface area contributed by atoms with Gasteiger partial charge < -0.3 is 14.3 Å². The lowest BCUT2D eigenvalue weighted by molar-refractivity contribution is -0.249. The van der Waals surface area contributed by atoms with Crippen molar-refractivity contribution in [2.24, 2.45) is 11.3 Å². The summed E-state index contributed by atoms with van der Waals surface area (Å²) in [6.07, 6.45) is 4.91. The minimum absolute atomic E-state index is 0.135. The zero-order valence-electron chi connectivity index (χ0n) is 14.8. The minimum Gasteiger partial charge on any atom is -0.459 e. The molecule has 5 nitrogen and oxygen atoms in total. The Labute approximate surface area is 142 Å². The van der Waals surface area contributed by atoms with Crippen LogP contribution in [0, 0.1) is 11.3 Å². The molecule has 4 aliphatic carbocycles. The molecule has 0 aliphatic heterocycles. The average molecular weight is 334 g/mol. The molecule has 132 valence electrons. The van der Waals surface area contributed by atoms with Crippen LogP contribution in [0.4, 0.5) is 0 Å². The molecule has 4 bridgehead atoms. The average Bonchev–Trinajstić information content (AvgIpc) is 2.32. The third-order valence-corrected chi connectivity index (χ3v) is 5.72. The van der Waals surface area contributed by atoms with Gasteiger partial charge in [-0.3, -0.25) is 4.79 Å². The number of ether oxygens (including phenoxy) is 2. The fourth-order valence-corrected chi connectivity index (χ4v) is 6.00. The van der Waals surface area contributed by atoms with Gasteiger partial charge in [-0.25, -0.2) is 4.79 Å². The summed E-state index contributed by atoms with van der Waals surface area (Å²) in [6.45, 7) is 8.33. The Morgan fingerprint density at radius 3 is 2.04 bits per heavy atom. The largest absolute Gasteiger partial charge is 0.459 e. The normalized spacial score (nSPS) is 39.4. The first-order valence-electron chi connectivity index (χ1n) is 8.65. The fourth-order valence-electron chi connectivity index (χ4n) is 6.00. The first-order chi connectivity index (χ1) is 11.1. The second-order valence-electron chi connectivity index (χ2n) is 8.52. The maximum Gasteiger partial charge on any atom is 0.333 e. The summed E-state index contributed by atoms with van der Waals surface area (Å²) in [6, 6.07) is 0. The van der Waals surface area contributed by atoms with Gasteiger partial charge >= 0.3 is 11.9 Å². The Morgan fingerprint density at radius 1 is 0.958 bits per heavy atom. The highest BCUT2D eigenvalue weighted by Gasteiger charge is 2.66. The Bertz CT molecular complexity index is 587. The number of ketones is 1. The van der Waals surface area contributed by atoms with Crippen LogP contribution in [0.5, 0.6) is 0 Å². The van der Waals surface area contributed by atoms with E-state index in [1.54, 1.807) is 13.8 Å². The molecule has 0 aromatic heterocycles. The summed E-state index contributed by atoms with van der Waals surface area (Å²) in [4.78, 5) is 35.7. The molecular weight excluding hydrogens is 308 g/mol. The SMILES string of the molecule is C=C(C)C(=O)OC12CC3CC(CC(C)=O)(CC(OC(C)=O)(C3)C1)C2. The van der Waals surface area contributed by atoms with Gasteiger partial charge in [0.15, 0.2) is 0 Å². The fraction of sp³-hybridized carbons (Fsp3) is 0.737. The van der Waals surface area contributed by atoms with Crippen LogP contribution >= 0.6 is 0 Å². The highest BCUT2D eigenvalue weighted by Crippen LogP contribution is 2.66. The van der Waals surface area contributed by atoms with Crippen molar-refractivity contribution >= 4 is 17.7 Å². The quantitative estimate of drug-likeness (QED) is 0.571. The van der Waals surface area contributed by atoms with Gasteiger partial charge in [-0.05, 0) is 57.3 Å². The molecule has 4 saturated carbocycles. The first-order valence-corrected chi connectivity index (χ1v) is 8.65. The maximum atomic E-state index is 12.2. The lowest BCUT2D eigenvalue weighted by Gasteiger charge is -2.64. The summed E-state index contributed by atoms with van der Waals surface area (Å²) in [5, 5.41) is 0. The van der Waals surface area contributed by atoms with Gasteiger partial charge in [0.05, 0.1) is 0 Å². The summed E-state index contributed by atoms with van der Waals surface area (Å²) in [5.74, 6) is -0.252. The van der Waals surface area contributed by atoms with Gasteiger partial charge in [0.1, 0.15) is 17.0 Å². The molecule has 4 aliphatic rings. The van der Waals surface area contributed by atoms with Crippen molar-refractivity contribution in [3.63, 3.8) is 0 Å². The van der Waals surface area contributed by atoms with E-state index in [1.807, 2.05) is 0 Å². The first kappa shape index (κ1) is 17.2. The molecule has 0 spiro atoms. The summed E-state index contributed by atoms with van der Waals surface area (Å²) < 4.78 is 11.6. The van der Waals surface area contributed by atoms with Crippen LogP contribution in [0.25, 0.3) is 0 Å². The van der Waals surface area contributed by atoms with Crippen molar-refractivity contribution in [2.75, 3.05) is 0 Å². The van der Waals surface area contributed by atoms with Crippen LogP contribution in [-0.2, 0) is 23.9 Å². The third-order valence-electron chi connectivity index (χ3n) is 5.72. The van der Waals surface area contributed by atoms with Crippen molar-refractivity contribution in [3.8, 4) is 0 Å². The molecule has 0 aromatic rings. The Balaban J connectivity index is 1.96. The highest BCUT2D eigenvalue weighted by atomic mass is 16.6. The smallest absolute Gasteiger partial charge is 0.333 e. The molecule has 0 heterocycles. The molecular formula is C19H26O5. The topological polar surface area (TPSA) is 69.7 Å². The van der Waals surface area contributed by atoms with E-state index in [1.165, 1.54) is 6.92 Å². The molecule has 0 radical (unpaired) electrons. The van der Waals surface area contributed by atoms with Gasteiger partial charge in [0, 0.05) is 25.3 Å². The molecule has 0 amide bonds. The molecule has 24 heavy (non-hydrogen) atoms. The molecule has 4 atom stereocenters. The van der Waals surface area contributed by atoms with Crippen molar-refractivity contribution in [1.82, 2.24) is 0 Å². The van der Waals surface area contributed by atoms with Crippen molar-refractivity contribution in [2.45, 2.75) is 76.9 Å². The van der Waals surface area contributed by atoms with E-state index in [-0.39, 0.29) is 17.2 Å². The second-order valence-corrected chi connectivity index (χ2v) is 8.52. The lowest BCUT2D eigenvalue weighted by atomic mass is 9.45. The summed E-state index contributed by atoms with van der Waals surface area (Å²) >= 11 is 0. The van der Waals surface area contributed by atoms with Crippen LogP contribution in [0.15, 0.2) is 12.2 Å². The molecule has 0 N–H and O–H groups in total. The number of hydrogen-bond donors (Lipinski definition) is 0. The van der Waals surface area contributed by atoms with Crippen LogP contribution < -0.4 is 0 Å². The standard InChI is InChI=1S/C19H26O5/c1-12(2)16(22)24-19-8-15-6-17(10-19,5-13(3)20)9-18(7-15,11-19)23-14(4)21/h15H,1,5-11H2,2-4H3. The molecule has 4 fully saturated rings. The van der Waals surface area contributed by atoms with Gasteiger partial charge in [0.2, 0.25) is 0 Å². The Kier molecular flexibility index (Phi) is 3.89. The van der Waals surface area contributed by atoms with E-state index in [9.17, 15) is 14.4 Å². The number of Topliss-reactive ketones (excluding diaryl/α,β-unsaturated/α-hetero) is 1. The van der Waals surface area contributed by atoms with E-state index in [0.29, 0.717) is 37.2 Å². The lowest BCUT2D eigenvalue weighted by Crippen LogP contribution is -2.65. The zero-order chi connectivity index (χ0) is 17.8. The van der Waals surface area contributed by atoms with Crippen LogP contribution in [0.2, 0.25) is 0 Å². The summed E-state index contributed by atoms with van der Waals surface area (Å²) in [5.41, 5.74) is -1.10. The van der Waals surface area contributed by atoms with Gasteiger partial charge in [-0.2, -0.15) is 0 Å². The van der Waals surface area contributed by atoms with Gasteiger partial charge in [-0.15, -0.1) is 0 Å². The number of rotatable bonds is 5.